The molecule has 0 fully saturated rings. The molecule has 0 radical (unpaired) electrons. The molecule has 0 aromatic carbocycles. The zero-order valence-corrected chi connectivity index (χ0v) is 40.0. The van der Waals surface area contributed by atoms with Gasteiger partial charge in [-0.05, 0) is 12.8 Å². The molecule has 380 valence electrons. The third kappa shape index (κ3) is 38.1. The molecule has 0 amide bonds. The molecule has 0 rings (SSSR count). The fourth-order valence-corrected chi connectivity index (χ4v) is 7.96. The monoisotopic (exact) mass is 915 g/mol. The second-order valence-corrected chi connectivity index (χ2v) is 18.2. The zero-order chi connectivity index (χ0) is 46.5. The third-order valence-corrected chi connectivity index (χ3v) is 11.7. The molecule has 0 aromatic heterocycles. The number of ether oxygens (including phenoxy) is 1. The summed E-state index contributed by atoms with van der Waals surface area (Å²) in [5, 5.41) is 91.0. The van der Waals surface area contributed by atoms with Crippen LogP contribution in [0.2, 0.25) is 0 Å². The van der Waals surface area contributed by atoms with Gasteiger partial charge >= 0.3 is 0 Å². The minimum atomic E-state index is -1.68. The molecule has 0 aliphatic rings. The Hall–Kier alpha value is -0.600. The first-order chi connectivity index (χ1) is 30.6. The highest BCUT2D eigenvalue weighted by Gasteiger charge is 2.42. The topological polar surface area (TPSA) is 226 Å². The summed E-state index contributed by atoms with van der Waals surface area (Å²) in [7, 11) is 0. The van der Waals surface area contributed by atoms with Gasteiger partial charge in [0.15, 0.2) is 0 Å². The van der Waals surface area contributed by atoms with Crippen LogP contribution in [0.25, 0.3) is 0 Å². The smallest absolute Gasteiger partial charge is 0.135 e. The average Bonchev–Trinajstić information content (AvgIpc) is 3.28. The van der Waals surface area contributed by atoms with Gasteiger partial charge in [-0.1, -0.05) is 191 Å². The van der Waals surface area contributed by atoms with Crippen molar-refractivity contribution in [3.63, 3.8) is 0 Å². The van der Waals surface area contributed by atoms with Gasteiger partial charge in [0.2, 0.25) is 0 Å². The second kappa shape index (κ2) is 45.2. The molecule has 0 aromatic rings. The van der Waals surface area contributed by atoms with Gasteiger partial charge in [-0.25, -0.2) is 9.78 Å². The maximum atomic E-state index is 10.5. The summed E-state index contributed by atoms with van der Waals surface area (Å²) >= 11 is 0. The number of unbranched alkanes of at least 4 members (excludes halogenated alkanes) is 26. The summed E-state index contributed by atoms with van der Waals surface area (Å²) in [6.07, 6.45) is 27.3. The van der Waals surface area contributed by atoms with Crippen molar-refractivity contribution in [3.05, 3.63) is 0 Å². The summed E-state index contributed by atoms with van der Waals surface area (Å²) < 4.78 is 6.02. The standard InChI is InChI=1S/C48H98O15/c1-3-5-7-9-11-13-15-17-19-21-23-25-27-29-31-58-62-60-47(33-43(53)37-49,34-44(54)38-50)41-57-42-48(35-45(55)39-51,36-46(56)40-52)61-63-59-32-30-28-26-24-22-20-18-16-14-12-10-8-6-4-2/h43-46,49-56H,3-42H2,1-2H3. The van der Waals surface area contributed by atoms with Crippen LogP contribution < -0.4 is 0 Å². The highest BCUT2D eigenvalue weighted by Crippen LogP contribution is 2.31. The minimum absolute atomic E-state index is 0.214. The van der Waals surface area contributed by atoms with Crippen LogP contribution in [0.15, 0.2) is 0 Å². The van der Waals surface area contributed by atoms with Gasteiger partial charge in [0, 0.05) is 25.7 Å². The molecule has 15 heteroatoms. The van der Waals surface area contributed by atoms with E-state index in [1.54, 1.807) is 0 Å². The van der Waals surface area contributed by atoms with E-state index in [-0.39, 0.29) is 38.9 Å². The van der Waals surface area contributed by atoms with E-state index in [9.17, 15) is 40.9 Å². The second-order valence-electron chi connectivity index (χ2n) is 18.2. The van der Waals surface area contributed by atoms with Gasteiger partial charge in [-0.3, -0.25) is 0 Å². The van der Waals surface area contributed by atoms with Gasteiger partial charge in [-0.2, -0.15) is 9.78 Å². The van der Waals surface area contributed by atoms with Crippen LogP contribution in [-0.2, 0) is 34.4 Å². The van der Waals surface area contributed by atoms with Crippen molar-refractivity contribution in [2.75, 3.05) is 52.9 Å². The highest BCUT2D eigenvalue weighted by atomic mass is 17.5. The van der Waals surface area contributed by atoms with Gasteiger partial charge in [0.25, 0.3) is 0 Å². The number of hydrogen-bond donors (Lipinski definition) is 8. The first-order valence-corrected chi connectivity index (χ1v) is 25.3. The van der Waals surface area contributed by atoms with E-state index in [2.05, 4.69) is 13.8 Å². The molecular weight excluding hydrogens is 817 g/mol. The number of rotatable bonds is 52. The van der Waals surface area contributed by atoms with Crippen LogP contribution in [0.3, 0.4) is 0 Å². The summed E-state index contributed by atoms with van der Waals surface area (Å²) in [4.78, 5) is 21.9. The van der Waals surface area contributed by atoms with Crippen molar-refractivity contribution in [2.24, 2.45) is 0 Å². The van der Waals surface area contributed by atoms with Crippen molar-refractivity contribution >= 4 is 0 Å². The van der Waals surface area contributed by atoms with E-state index in [4.69, 9.17) is 34.4 Å². The van der Waals surface area contributed by atoms with Crippen molar-refractivity contribution < 1.29 is 75.2 Å². The molecule has 63 heavy (non-hydrogen) atoms. The fraction of sp³-hybridized carbons (Fsp3) is 1.00. The lowest BCUT2D eigenvalue weighted by molar-refractivity contribution is -0.554. The SMILES string of the molecule is CCCCCCCCCCCCCCCCOOOC(COCC(CC(O)CO)(CC(O)CO)OOOCCCCCCCCCCCCCCCC)(CC(O)CO)CC(O)CO. The summed E-state index contributed by atoms with van der Waals surface area (Å²) in [5.74, 6) is 0. The van der Waals surface area contributed by atoms with Gasteiger partial charge in [0.1, 0.15) is 11.2 Å². The van der Waals surface area contributed by atoms with E-state index in [0.717, 1.165) is 38.5 Å². The lowest BCUT2D eigenvalue weighted by atomic mass is 9.89. The van der Waals surface area contributed by atoms with Gasteiger partial charge in [-0.15, -0.1) is 0 Å². The molecule has 0 saturated heterocycles. The fourth-order valence-electron chi connectivity index (χ4n) is 7.96. The van der Waals surface area contributed by atoms with Crippen LogP contribution >= 0.6 is 0 Å². The molecule has 0 aliphatic heterocycles. The molecule has 4 unspecified atom stereocenters. The van der Waals surface area contributed by atoms with Crippen LogP contribution in [0, 0.1) is 0 Å². The number of aliphatic hydroxyl groups excluding tert-OH is 8. The molecule has 0 spiro atoms. The molecule has 8 N–H and O–H groups in total. The Morgan fingerprint density at radius 1 is 0.333 bits per heavy atom. The lowest BCUT2D eigenvalue weighted by Crippen LogP contribution is -2.49. The van der Waals surface area contributed by atoms with E-state index >= 15 is 0 Å². The molecule has 0 aliphatic carbocycles. The average molecular weight is 915 g/mol. The van der Waals surface area contributed by atoms with Crippen molar-refractivity contribution in [1.82, 2.24) is 0 Å². The minimum Gasteiger partial charge on any atom is -0.394 e. The Kier molecular flexibility index (Phi) is 44.8. The zero-order valence-electron chi connectivity index (χ0n) is 40.0. The summed E-state index contributed by atoms with van der Waals surface area (Å²) in [6.45, 7) is 1.45. The Morgan fingerprint density at radius 3 is 0.778 bits per heavy atom. The quantitative estimate of drug-likeness (QED) is 0.0164. The molecule has 15 nitrogen and oxygen atoms in total. The van der Waals surface area contributed by atoms with Crippen LogP contribution in [-0.4, -0.2) is 129 Å². The first kappa shape index (κ1) is 62.4. The summed E-state index contributed by atoms with van der Waals surface area (Å²) in [5.41, 5.74) is -3.36. The highest BCUT2D eigenvalue weighted by molar-refractivity contribution is 4.89. The third-order valence-electron chi connectivity index (χ3n) is 11.7. The Bertz CT molecular complexity index is 825. The van der Waals surface area contributed by atoms with Crippen LogP contribution in [0.1, 0.15) is 219 Å². The Morgan fingerprint density at radius 2 is 0.556 bits per heavy atom. The first-order valence-electron chi connectivity index (χ1n) is 25.3. The van der Waals surface area contributed by atoms with Crippen LogP contribution in [0.4, 0.5) is 0 Å². The molecule has 4 atom stereocenters. The molecule has 0 heterocycles. The molecule has 0 bridgehead atoms. The van der Waals surface area contributed by atoms with E-state index < -0.39 is 75.3 Å². The van der Waals surface area contributed by atoms with E-state index in [1.165, 1.54) is 128 Å². The Labute approximate surface area is 382 Å². The predicted octanol–water partition coefficient (Wildman–Crippen LogP) is 8.18. The maximum absolute atomic E-state index is 10.5. The largest absolute Gasteiger partial charge is 0.394 e. The molecule has 0 saturated carbocycles. The Balaban J connectivity index is 5.09. The van der Waals surface area contributed by atoms with Crippen molar-refractivity contribution in [2.45, 2.75) is 255 Å². The van der Waals surface area contributed by atoms with Crippen molar-refractivity contribution in [1.29, 1.82) is 0 Å². The predicted molar refractivity (Wildman–Crippen MR) is 244 cm³/mol. The normalized spacial score (nSPS) is 15.9. The van der Waals surface area contributed by atoms with Gasteiger partial charge < -0.3 is 45.6 Å². The van der Waals surface area contributed by atoms with Gasteiger partial charge in [0.05, 0.1) is 77.3 Å². The number of aliphatic hydroxyl groups is 8. The summed E-state index contributed by atoms with van der Waals surface area (Å²) in [6, 6.07) is 0. The van der Waals surface area contributed by atoms with Crippen LogP contribution in [0.5, 0.6) is 0 Å². The molecular formula is C48H98O15. The van der Waals surface area contributed by atoms with E-state index in [1.807, 2.05) is 0 Å². The maximum Gasteiger partial charge on any atom is 0.135 e. The lowest BCUT2D eigenvalue weighted by Gasteiger charge is -2.37. The van der Waals surface area contributed by atoms with E-state index in [0.29, 0.717) is 12.8 Å². The number of hydrogen-bond acceptors (Lipinski definition) is 15. The van der Waals surface area contributed by atoms with Crippen molar-refractivity contribution in [3.8, 4) is 0 Å².